The molecule has 0 bridgehead atoms. The number of thiophene rings is 1. The molecule has 0 N–H and O–H groups in total. The Morgan fingerprint density at radius 1 is 1.43 bits per heavy atom. The fourth-order valence-corrected chi connectivity index (χ4v) is 3.75. The predicted molar refractivity (Wildman–Crippen MR) is 88.4 cm³/mol. The van der Waals surface area contributed by atoms with Gasteiger partial charge >= 0.3 is 0 Å². The van der Waals surface area contributed by atoms with Crippen molar-refractivity contribution in [1.82, 2.24) is 19.3 Å². The number of imidazole rings is 1. The molecule has 3 aromatic heterocycles. The van der Waals surface area contributed by atoms with E-state index < -0.39 is 0 Å². The van der Waals surface area contributed by atoms with E-state index in [1.807, 2.05) is 11.7 Å². The van der Waals surface area contributed by atoms with Gasteiger partial charge in [0.05, 0.1) is 11.7 Å². The minimum Gasteiger partial charge on any atom is -0.305 e. The van der Waals surface area contributed by atoms with E-state index in [1.165, 1.54) is 4.88 Å². The van der Waals surface area contributed by atoms with Crippen molar-refractivity contribution in [3.63, 3.8) is 0 Å². The van der Waals surface area contributed by atoms with E-state index >= 15 is 0 Å². The van der Waals surface area contributed by atoms with Crippen molar-refractivity contribution >= 4 is 34.1 Å². The molecule has 3 heterocycles. The number of hydrogen-bond acceptors (Lipinski definition) is 3. The van der Waals surface area contributed by atoms with Gasteiger partial charge in [0.15, 0.2) is 5.65 Å². The summed E-state index contributed by atoms with van der Waals surface area (Å²) in [4.78, 5) is 6.15. The third kappa shape index (κ3) is 2.38. The quantitative estimate of drug-likeness (QED) is 0.670. The summed E-state index contributed by atoms with van der Waals surface area (Å²) >= 11 is 7.74. The van der Waals surface area contributed by atoms with Gasteiger partial charge in [0.25, 0.3) is 0 Å². The first-order valence-corrected chi connectivity index (χ1v) is 8.60. The van der Waals surface area contributed by atoms with Crippen LogP contribution >= 0.6 is 22.9 Å². The molecule has 0 amide bonds. The van der Waals surface area contributed by atoms with Gasteiger partial charge in [-0.15, -0.1) is 22.9 Å². The third-order valence-corrected chi connectivity index (χ3v) is 5.04. The van der Waals surface area contributed by atoms with Crippen molar-refractivity contribution in [3.8, 4) is 0 Å². The molecule has 0 radical (unpaired) electrons. The summed E-state index contributed by atoms with van der Waals surface area (Å²) in [6, 6.07) is 4.50. The molecule has 3 rings (SSSR count). The molecule has 0 fully saturated rings. The highest BCUT2D eigenvalue weighted by Gasteiger charge is 2.22. The van der Waals surface area contributed by atoms with Crippen LogP contribution in [-0.2, 0) is 19.9 Å². The molecule has 112 valence electrons. The Labute approximate surface area is 133 Å². The zero-order valence-electron chi connectivity index (χ0n) is 12.5. The van der Waals surface area contributed by atoms with Crippen molar-refractivity contribution in [2.45, 2.75) is 32.7 Å². The lowest BCUT2D eigenvalue weighted by Gasteiger charge is -2.16. The van der Waals surface area contributed by atoms with Gasteiger partial charge in [-0.25, -0.2) is 4.98 Å². The Balaban J connectivity index is 2.22. The van der Waals surface area contributed by atoms with Gasteiger partial charge in [0.2, 0.25) is 0 Å². The molecule has 0 saturated heterocycles. The Morgan fingerprint density at radius 2 is 2.24 bits per heavy atom. The van der Waals surface area contributed by atoms with E-state index in [-0.39, 0.29) is 6.04 Å². The maximum atomic E-state index is 5.97. The molecular formula is C15H19ClN4S. The number of aryl methyl sites for hydroxylation is 3. The summed E-state index contributed by atoms with van der Waals surface area (Å²) in [5.41, 5.74) is 3.16. The molecule has 0 aliphatic heterocycles. The molecule has 1 unspecified atom stereocenters. The molecule has 4 nitrogen and oxygen atoms in total. The van der Waals surface area contributed by atoms with Crippen LogP contribution in [0.2, 0.25) is 0 Å². The topological polar surface area (TPSA) is 35.6 Å². The van der Waals surface area contributed by atoms with Gasteiger partial charge in [-0.1, -0.05) is 13.0 Å². The molecule has 3 aromatic rings. The second-order valence-corrected chi connectivity index (χ2v) is 6.48. The Morgan fingerprint density at radius 3 is 2.86 bits per heavy atom. The summed E-state index contributed by atoms with van der Waals surface area (Å²) < 4.78 is 4.23. The molecule has 0 aliphatic carbocycles. The van der Waals surface area contributed by atoms with Gasteiger partial charge in [0.1, 0.15) is 11.3 Å². The number of alkyl halides is 1. The third-order valence-electron chi connectivity index (χ3n) is 3.80. The number of fused-ring (bicyclic) bond motifs is 1. The Bertz CT molecular complexity index is 741. The molecular weight excluding hydrogens is 304 g/mol. The van der Waals surface area contributed by atoms with Crippen LogP contribution in [0.1, 0.15) is 36.3 Å². The molecule has 0 aliphatic rings. The van der Waals surface area contributed by atoms with Gasteiger partial charge in [-0.3, -0.25) is 4.68 Å². The Kier molecular flexibility index (Phi) is 4.04. The average Bonchev–Trinajstić information content (AvgIpc) is 3.16. The van der Waals surface area contributed by atoms with E-state index in [0.29, 0.717) is 5.88 Å². The SMILES string of the molecule is CCc1nn(C)c2c1nc(CCCl)n2C(C)c1cccs1. The predicted octanol–water partition coefficient (Wildman–Crippen LogP) is 3.78. The highest BCUT2D eigenvalue weighted by molar-refractivity contribution is 7.10. The largest absolute Gasteiger partial charge is 0.305 e. The highest BCUT2D eigenvalue weighted by atomic mass is 35.5. The van der Waals surface area contributed by atoms with Crippen LogP contribution in [-0.4, -0.2) is 25.2 Å². The lowest BCUT2D eigenvalue weighted by molar-refractivity contribution is 0.606. The fraction of sp³-hybridized carbons (Fsp3) is 0.467. The van der Waals surface area contributed by atoms with E-state index in [9.17, 15) is 0 Å². The van der Waals surface area contributed by atoms with Gasteiger partial charge in [0, 0.05) is 24.2 Å². The minimum absolute atomic E-state index is 0.244. The summed E-state index contributed by atoms with van der Waals surface area (Å²) in [5.74, 6) is 1.62. The van der Waals surface area contributed by atoms with Crippen LogP contribution in [0.5, 0.6) is 0 Å². The van der Waals surface area contributed by atoms with Crippen molar-refractivity contribution in [2.24, 2.45) is 7.05 Å². The average molecular weight is 323 g/mol. The Hall–Kier alpha value is -1.33. The lowest BCUT2D eigenvalue weighted by atomic mass is 10.2. The van der Waals surface area contributed by atoms with E-state index in [2.05, 4.69) is 41.0 Å². The lowest BCUT2D eigenvalue weighted by Crippen LogP contribution is -2.12. The van der Waals surface area contributed by atoms with Crippen LogP contribution in [0, 0.1) is 0 Å². The van der Waals surface area contributed by atoms with Crippen LogP contribution in [0.4, 0.5) is 0 Å². The van der Waals surface area contributed by atoms with Gasteiger partial charge < -0.3 is 4.57 Å². The number of nitrogens with zero attached hydrogens (tertiary/aromatic N) is 4. The normalized spacial score (nSPS) is 13.1. The summed E-state index contributed by atoms with van der Waals surface area (Å²) in [7, 11) is 1.99. The standard InChI is InChI=1S/C15H19ClN4S/c1-4-11-14-15(19(3)18-11)20(13(17-14)7-8-16)10(2)12-6-5-9-21-12/h5-6,9-10H,4,7-8H2,1-3H3. The zero-order valence-corrected chi connectivity index (χ0v) is 14.1. The van der Waals surface area contributed by atoms with Crippen molar-refractivity contribution < 1.29 is 0 Å². The van der Waals surface area contributed by atoms with Crippen molar-refractivity contribution in [3.05, 3.63) is 33.9 Å². The number of rotatable bonds is 5. The van der Waals surface area contributed by atoms with Crippen LogP contribution in [0.25, 0.3) is 11.2 Å². The molecule has 1 atom stereocenters. The zero-order chi connectivity index (χ0) is 15.0. The monoisotopic (exact) mass is 322 g/mol. The minimum atomic E-state index is 0.244. The summed E-state index contributed by atoms with van der Waals surface area (Å²) in [6.07, 6.45) is 1.66. The van der Waals surface area contributed by atoms with E-state index in [4.69, 9.17) is 16.6 Å². The molecule has 21 heavy (non-hydrogen) atoms. The maximum absolute atomic E-state index is 5.97. The van der Waals surface area contributed by atoms with Crippen molar-refractivity contribution in [2.75, 3.05) is 5.88 Å². The van der Waals surface area contributed by atoms with Crippen LogP contribution in [0.3, 0.4) is 0 Å². The second-order valence-electron chi connectivity index (χ2n) is 5.12. The first-order chi connectivity index (χ1) is 10.2. The van der Waals surface area contributed by atoms with Crippen LogP contribution in [0.15, 0.2) is 17.5 Å². The van der Waals surface area contributed by atoms with Gasteiger partial charge in [-0.2, -0.15) is 5.10 Å². The first kappa shape index (κ1) is 14.6. The summed E-state index contributed by atoms with van der Waals surface area (Å²) in [6.45, 7) is 4.33. The van der Waals surface area contributed by atoms with Crippen LogP contribution < -0.4 is 0 Å². The smallest absolute Gasteiger partial charge is 0.159 e. The fourth-order valence-electron chi connectivity index (χ4n) is 2.81. The second kappa shape index (κ2) is 5.81. The molecule has 0 saturated carbocycles. The van der Waals surface area contributed by atoms with Gasteiger partial charge in [-0.05, 0) is 24.8 Å². The first-order valence-electron chi connectivity index (χ1n) is 7.19. The molecule has 6 heteroatoms. The number of hydrogen-bond donors (Lipinski definition) is 0. The van der Waals surface area contributed by atoms with Crippen molar-refractivity contribution in [1.29, 1.82) is 0 Å². The van der Waals surface area contributed by atoms with E-state index in [0.717, 1.165) is 35.5 Å². The number of halogens is 1. The summed E-state index contributed by atoms with van der Waals surface area (Å²) in [5, 5.41) is 6.71. The number of aromatic nitrogens is 4. The highest BCUT2D eigenvalue weighted by Crippen LogP contribution is 2.30. The van der Waals surface area contributed by atoms with E-state index in [1.54, 1.807) is 11.3 Å². The molecule has 0 spiro atoms. The maximum Gasteiger partial charge on any atom is 0.159 e. The molecule has 0 aromatic carbocycles.